The van der Waals surface area contributed by atoms with E-state index >= 15 is 18.3 Å². The number of fused-ring (bicyclic) bond motifs is 12. The highest BCUT2D eigenvalue weighted by Crippen LogP contribution is 2.65. The van der Waals surface area contributed by atoms with Crippen molar-refractivity contribution in [3.05, 3.63) is 217 Å². The molecule has 0 N–H and O–H groups in total. The van der Waals surface area contributed by atoms with Crippen LogP contribution in [0.25, 0.3) is 44.5 Å². The molecule has 4 aliphatic heterocycles. The average molecular weight is 995 g/mol. The topological polar surface area (TPSA) is 124 Å². The van der Waals surface area contributed by atoms with Crippen LogP contribution in [0, 0.1) is 0 Å². The molecule has 0 spiro atoms. The summed E-state index contributed by atoms with van der Waals surface area (Å²) in [5, 5.41) is 1.47. The molecule has 4 atom stereocenters. The summed E-state index contributed by atoms with van der Waals surface area (Å²) in [4.78, 5) is 0. The van der Waals surface area contributed by atoms with E-state index in [1.165, 1.54) is 0 Å². The van der Waals surface area contributed by atoms with E-state index in [1.54, 1.807) is 97.1 Å². The SMILES string of the molecule is O=P1(Cc2ccc(OP3(=O)Oc4ccccc4-c4ccccc43)c(CP3(=O)Oc4ccccc4-c4ccccc43)c2OP2(=O)Oc3ccccc3-c3ccccc32)Oc2ccccc2-c2ccccc21. The van der Waals surface area contributed by atoms with E-state index in [4.69, 9.17) is 27.1 Å². The molecule has 0 aromatic heterocycles. The highest BCUT2D eigenvalue weighted by molar-refractivity contribution is 7.67. The lowest BCUT2D eigenvalue weighted by Gasteiger charge is -2.33. The Balaban J connectivity index is 1.05. The first-order valence-electron chi connectivity index (χ1n) is 22.6. The van der Waals surface area contributed by atoms with Crippen LogP contribution < -0.4 is 48.4 Å². The zero-order valence-corrected chi connectivity index (χ0v) is 40.5. The molecule has 4 heterocycles. The first kappa shape index (κ1) is 42.8. The minimum absolute atomic E-state index is 0.0580. The van der Waals surface area contributed by atoms with Gasteiger partial charge in [-0.05, 0) is 65.7 Å². The number of benzene rings is 9. The minimum atomic E-state index is -4.49. The maximum atomic E-state index is 16.2. The van der Waals surface area contributed by atoms with Crippen LogP contribution in [0.2, 0.25) is 0 Å². The van der Waals surface area contributed by atoms with Crippen molar-refractivity contribution in [3.63, 3.8) is 0 Å². The van der Waals surface area contributed by atoms with Gasteiger partial charge in [0.2, 0.25) is 0 Å². The number of para-hydroxylation sites is 4. The van der Waals surface area contributed by atoms with Crippen molar-refractivity contribution < 1.29 is 45.4 Å². The third-order valence-electron chi connectivity index (χ3n) is 13.1. The van der Waals surface area contributed by atoms with Crippen molar-refractivity contribution in [2.75, 3.05) is 0 Å². The van der Waals surface area contributed by atoms with Gasteiger partial charge in [-0.25, -0.2) is 9.13 Å². The molecule has 0 bridgehead atoms. The van der Waals surface area contributed by atoms with Gasteiger partial charge >= 0.3 is 15.2 Å². The normalized spacial score (nSPS) is 21.6. The van der Waals surface area contributed by atoms with Crippen molar-refractivity contribution >= 4 is 51.1 Å². The van der Waals surface area contributed by atoms with Gasteiger partial charge in [-0.3, -0.25) is 9.13 Å². The number of rotatable bonds is 8. The van der Waals surface area contributed by atoms with Gasteiger partial charge in [-0.15, -0.1) is 0 Å². The second kappa shape index (κ2) is 16.1. The van der Waals surface area contributed by atoms with Crippen LogP contribution in [-0.2, 0) is 30.6 Å². The molecule has 0 radical (unpaired) electrons. The summed E-state index contributed by atoms with van der Waals surface area (Å²) in [6.45, 7) is 0. The molecule has 10 nitrogen and oxygen atoms in total. The first-order valence-corrected chi connectivity index (χ1v) is 29.3. The van der Waals surface area contributed by atoms with Gasteiger partial charge in [0, 0.05) is 44.5 Å². The van der Waals surface area contributed by atoms with Crippen LogP contribution in [0.3, 0.4) is 0 Å². The molecular weight excluding hydrogens is 957 g/mol. The van der Waals surface area contributed by atoms with E-state index in [0.29, 0.717) is 61.2 Å². The van der Waals surface area contributed by atoms with Gasteiger partial charge in [-0.1, -0.05) is 152 Å². The summed E-state index contributed by atoms with van der Waals surface area (Å²) in [5.41, 5.74) is 6.03. The van der Waals surface area contributed by atoms with Crippen LogP contribution >= 0.6 is 29.9 Å². The van der Waals surface area contributed by atoms with Gasteiger partial charge < -0.3 is 27.1 Å². The molecule has 4 aliphatic rings. The lowest BCUT2D eigenvalue weighted by molar-refractivity contribution is 0.387. The van der Waals surface area contributed by atoms with Crippen molar-refractivity contribution in [1.82, 2.24) is 0 Å². The van der Waals surface area contributed by atoms with Gasteiger partial charge in [-0.2, -0.15) is 0 Å². The van der Waals surface area contributed by atoms with Crippen LogP contribution in [0.15, 0.2) is 206 Å². The van der Waals surface area contributed by atoms with Crippen LogP contribution in [-0.4, -0.2) is 0 Å². The molecule has 70 heavy (non-hydrogen) atoms. The molecule has 0 saturated heterocycles. The minimum Gasteiger partial charge on any atom is -0.439 e. The Morgan fingerprint density at radius 3 is 1.09 bits per heavy atom. The molecule has 14 heteroatoms. The second-order valence-electron chi connectivity index (χ2n) is 17.3. The molecule has 9 aromatic rings. The van der Waals surface area contributed by atoms with Crippen molar-refractivity contribution in [2.24, 2.45) is 0 Å². The summed E-state index contributed by atoms with van der Waals surface area (Å²) in [7, 11) is -16.9. The fourth-order valence-corrected chi connectivity index (χ4v) is 18.4. The van der Waals surface area contributed by atoms with E-state index in [0.717, 1.165) is 22.3 Å². The highest BCUT2D eigenvalue weighted by Gasteiger charge is 2.47. The second-order valence-corrected chi connectivity index (χ2v) is 25.6. The third-order valence-corrected chi connectivity index (χ3v) is 21.5. The standard InChI is InChI=1S/C56H38O10P4/c57-67(52-29-13-5-21-42(52)38-17-1-9-25-47(38)61-67)35-37-33-34-51(65-69(59)54-31-15-7-23-44(54)40-19-3-11-27-49(40)63-69)46(36-68(58)53-30-14-6-22-43(53)39-18-2-10-26-48(39)62-68)56(37)66-70(60)55-32-16-8-24-45(55)41-20-4-12-28-50(41)64-70/h1-34H,35-36H2. The van der Waals surface area contributed by atoms with Crippen LogP contribution in [0.5, 0.6) is 34.5 Å². The van der Waals surface area contributed by atoms with E-state index in [1.807, 2.05) is 109 Å². The largest absolute Gasteiger partial charge is 0.463 e. The van der Waals surface area contributed by atoms with Gasteiger partial charge in [0.1, 0.15) is 34.5 Å². The number of hydrogen-bond donors (Lipinski definition) is 0. The summed E-state index contributed by atoms with van der Waals surface area (Å²) in [6.07, 6.45) is -0.716. The maximum absolute atomic E-state index is 16.2. The van der Waals surface area contributed by atoms with Crippen molar-refractivity contribution in [2.45, 2.75) is 12.3 Å². The Kier molecular flexibility index (Phi) is 9.86. The van der Waals surface area contributed by atoms with E-state index in [2.05, 4.69) is 0 Å². The van der Waals surface area contributed by atoms with Gasteiger partial charge in [0.25, 0.3) is 14.7 Å². The van der Waals surface area contributed by atoms with Crippen molar-refractivity contribution in [3.8, 4) is 79.0 Å². The third kappa shape index (κ3) is 6.85. The Morgan fingerprint density at radius 1 is 0.314 bits per heavy atom. The Hall–Kier alpha value is -7.30. The lowest BCUT2D eigenvalue weighted by Crippen LogP contribution is -2.24. The van der Waals surface area contributed by atoms with Crippen LogP contribution in [0.1, 0.15) is 11.1 Å². The molecule has 4 unspecified atom stereocenters. The van der Waals surface area contributed by atoms with Gasteiger partial charge in [0.05, 0.1) is 33.5 Å². The summed E-state index contributed by atoms with van der Waals surface area (Å²) in [6, 6.07) is 61.5. The Labute approximate surface area is 403 Å². The van der Waals surface area contributed by atoms with Crippen LogP contribution in [0.4, 0.5) is 0 Å². The predicted octanol–water partition coefficient (Wildman–Crippen LogP) is 13.9. The molecule has 0 fully saturated rings. The molecule has 0 amide bonds. The van der Waals surface area contributed by atoms with E-state index in [-0.39, 0.29) is 34.1 Å². The van der Waals surface area contributed by atoms with Gasteiger partial charge in [0.15, 0.2) is 0 Å². The number of hydrogen-bond acceptors (Lipinski definition) is 10. The summed E-state index contributed by atoms with van der Waals surface area (Å²) in [5.74, 6) is 1.31. The fraction of sp³-hybridized carbons (Fsp3) is 0.0357. The average Bonchev–Trinajstić information content (AvgIpc) is 3.38. The molecule has 13 rings (SSSR count). The molecule has 9 aromatic carbocycles. The summed E-state index contributed by atoms with van der Waals surface area (Å²) >= 11 is 0. The smallest absolute Gasteiger partial charge is 0.439 e. The quantitative estimate of drug-likeness (QED) is 0.136. The predicted molar refractivity (Wildman–Crippen MR) is 274 cm³/mol. The highest BCUT2D eigenvalue weighted by atomic mass is 31.2. The zero-order valence-electron chi connectivity index (χ0n) is 36.9. The monoisotopic (exact) mass is 994 g/mol. The summed E-state index contributed by atoms with van der Waals surface area (Å²) < 4.78 is 104. The Morgan fingerprint density at radius 2 is 0.643 bits per heavy atom. The van der Waals surface area contributed by atoms with E-state index in [9.17, 15) is 0 Å². The van der Waals surface area contributed by atoms with E-state index < -0.39 is 36.1 Å². The zero-order chi connectivity index (χ0) is 47.2. The lowest BCUT2D eigenvalue weighted by atomic mass is 10.0. The molecule has 0 aliphatic carbocycles. The fourth-order valence-electron chi connectivity index (χ4n) is 9.91. The maximum Gasteiger partial charge on any atom is 0.463 e. The first-order chi connectivity index (χ1) is 34.1. The Bertz CT molecular complexity index is 3620. The molecular formula is C56H38O10P4. The molecule has 0 saturated carbocycles. The molecule has 342 valence electrons. The van der Waals surface area contributed by atoms with Crippen molar-refractivity contribution in [1.29, 1.82) is 0 Å².